The molecule has 1 unspecified atom stereocenters. The maximum Gasteiger partial charge on any atom is 0.409 e. The van der Waals surface area contributed by atoms with Crippen LogP contribution in [0.3, 0.4) is 0 Å². The Morgan fingerprint density at radius 3 is 2.47 bits per heavy atom. The fraction of sp³-hybridized carbons (Fsp3) is 0.433. The molecule has 0 spiro atoms. The number of fused-ring (bicyclic) bond motifs is 2. The molecule has 1 aromatic carbocycles. The lowest BCUT2D eigenvalue weighted by molar-refractivity contribution is -0.138. The molecule has 15 heteroatoms. The lowest BCUT2D eigenvalue weighted by Gasteiger charge is -2.35. The van der Waals surface area contributed by atoms with Gasteiger partial charge in [0.1, 0.15) is 17.5 Å². The highest BCUT2D eigenvalue weighted by atomic mass is 16.6. The lowest BCUT2D eigenvalue weighted by Crippen LogP contribution is -2.56. The Hall–Kier alpha value is -5.21. The van der Waals surface area contributed by atoms with Gasteiger partial charge in [-0.2, -0.15) is 5.10 Å². The molecular formula is C30H35N7O8. The van der Waals surface area contributed by atoms with Crippen molar-refractivity contribution in [3.05, 3.63) is 53.5 Å². The van der Waals surface area contributed by atoms with Crippen LogP contribution in [0.4, 0.5) is 4.79 Å². The summed E-state index contributed by atoms with van der Waals surface area (Å²) in [5.74, 6) is -2.25. The number of carboxylic acids is 1. The number of para-hydroxylation sites is 1. The van der Waals surface area contributed by atoms with E-state index in [1.807, 2.05) is 7.05 Å². The van der Waals surface area contributed by atoms with E-state index in [2.05, 4.69) is 15.4 Å². The quantitative estimate of drug-likeness (QED) is 0.334. The molecule has 5 rings (SSSR count). The zero-order chi connectivity index (χ0) is 32.1. The van der Waals surface area contributed by atoms with Crippen LogP contribution < -0.4 is 10.1 Å². The summed E-state index contributed by atoms with van der Waals surface area (Å²) in [5, 5.41) is 16.7. The van der Waals surface area contributed by atoms with Gasteiger partial charge in [-0.25, -0.2) is 9.78 Å². The Labute approximate surface area is 258 Å². The van der Waals surface area contributed by atoms with E-state index in [4.69, 9.17) is 9.47 Å². The van der Waals surface area contributed by atoms with Gasteiger partial charge < -0.3 is 34.6 Å². The molecule has 3 aromatic rings. The molecule has 0 saturated carbocycles. The molecule has 238 valence electrons. The van der Waals surface area contributed by atoms with Crippen LogP contribution in [0.5, 0.6) is 5.75 Å². The van der Waals surface area contributed by atoms with Gasteiger partial charge in [-0.3, -0.25) is 23.9 Å². The van der Waals surface area contributed by atoms with Gasteiger partial charge in [0.2, 0.25) is 5.91 Å². The van der Waals surface area contributed by atoms with E-state index in [-0.39, 0.29) is 69.6 Å². The second kappa shape index (κ2) is 13.6. The largest absolute Gasteiger partial charge is 0.483 e. The number of pyridine rings is 1. The molecular weight excluding hydrogens is 586 g/mol. The summed E-state index contributed by atoms with van der Waals surface area (Å²) >= 11 is 0. The van der Waals surface area contributed by atoms with Crippen LogP contribution in [-0.2, 0) is 39.3 Å². The van der Waals surface area contributed by atoms with Crippen LogP contribution in [0.25, 0.3) is 10.9 Å². The number of amides is 4. The predicted molar refractivity (Wildman–Crippen MR) is 158 cm³/mol. The molecule has 4 heterocycles. The Morgan fingerprint density at radius 1 is 1.02 bits per heavy atom. The average Bonchev–Trinajstić information content (AvgIpc) is 3.63. The predicted octanol–water partition coefficient (Wildman–Crippen LogP) is 1.15. The Balaban J connectivity index is 1.28. The zero-order valence-electron chi connectivity index (χ0n) is 25.1. The highest BCUT2D eigenvalue weighted by Crippen LogP contribution is 2.27. The van der Waals surface area contributed by atoms with Crippen molar-refractivity contribution in [1.82, 2.24) is 34.8 Å². The summed E-state index contributed by atoms with van der Waals surface area (Å²) in [7, 11) is 1.82. The van der Waals surface area contributed by atoms with Crippen molar-refractivity contribution >= 4 is 40.7 Å². The number of aliphatic carboxylic acids is 1. The maximum absolute atomic E-state index is 13.5. The van der Waals surface area contributed by atoms with Crippen LogP contribution in [0.2, 0.25) is 0 Å². The third-order valence-corrected chi connectivity index (χ3v) is 7.83. The number of rotatable bonds is 10. The maximum atomic E-state index is 13.5. The number of ether oxygens (including phenoxy) is 2. The van der Waals surface area contributed by atoms with Gasteiger partial charge in [-0.05, 0) is 25.5 Å². The Morgan fingerprint density at radius 2 is 1.76 bits per heavy atom. The molecule has 2 aliphatic heterocycles. The summed E-state index contributed by atoms with van der Waals surface area (Å²) in [6, 6.07) is 7.25. The first-order chi connectivity index (χ1) is 21.6. The summed E-state index contributed by atoms with van der Waals surface area (Å²) < 4.78 is 12.7. The number of carbonyl (C=O) groups excluding carboxylic acids is 4. The smallest absolute Gasteiger partial charge is 0.409 e. The average molecular weight is 622 g/mol. The van der Waals surface area contributed by atoms with Gasteiger partial charge in [-0.1, -0.05) is 12.1 Å². The molecule has 45 heavy (non-hydrogen) atoms. The van der Waals surface area contributed by atoms with Crippen molar-refractivity contribution in [3.8, 4) is 5.75 Å². The summed E-state index contributed by atoms with van der Waals surface area (Å²) in [6.07, 6.45) is 0.780. The molecule has 0 aliphatic carbocycles. The number of hydrogen-bond acceptors (Lipinski definition) is 9. The molecule has 2 aromatic heterocycles. The number of aryl methyl sites for hydroxylation is 1. The van der Waals surface area contributed by atoms with E-state index in [9.17, 15) is 29.1 Å². The van der Waals surface area contributed by atoms with Crippen molar-refractivity contribution in [2.75, 3.05) is 39.4 Å². The van der Waals surface area contributed by atoms with Crippen molar-refractivity contribution in [2.45, 2.75) is 38.9 Å². The SMILES string of the molecule is CCOC(=O)N1CCN(C(=O)C(CCC(=O)O)NC(=O)c2cc(OCC(=O)N3Cc4cnn(C)c4C3)c3ccccc3n2)CC1. The van der Waals surface area contributed by atoms with Crippen LogP contribution in [0.1, 0.15) is 41.5 Å². The monoisotopic (exact) mass is 621 g/mol. The minimum absolute atomic E-state index is 0.0592. The Bertz CT molecular complexity index is 1610. The topological polar surface area (TPSA) is 176 Å². The van der Waals surface area contributed by atoms with Crippen molar-refractivity contribution in [1.29, 1.82) is 0 Å². The van der Waals surface area contributed by atoms with Crippen LogP contribution in [0, 0.1) is 0 Å². The molecule has 0 bridgehead atoms. The van der Waals surface area contributed by atoms with Crippen LogP contribution in [-0.4, -0.2) is 110 Å². The van der Waals surface area contributed by atoms with E-state index in [0.29, 0.717) is 24.0 Å². The highest BCUT2D eigenvalue weighted by Gasteiger charge is 2.32. The molecule has 4 amide bonds. The minimum Gasteiger partial charge on any atom is -0.483 e. The number of piperazine rings is 1. The van der Waals surface area contributed by atoms with Gasteiger partial charge in [0.15, 0.2) is 6.61 Å². The fourth-order valence-corrected chi connectivity index (χ4v) is 5.37. The molecule has 1 fully saturated rings. The van der Waals surface area contributed by atoms with Crippen molar-refractivity contribution in [3.63, 3.8) is 0 Å². The van der Waals surface area contributed by atoms with E-state index in [0.717, 1.165) is 11.3 Å². The number of hydrogen-bond donors (Lipinski definition) is 2. The number of carboxylic acid groups (broad SMARTS) is 1. The first kappa shape index (κ1) is 31.2. The molecule has 2 N–H and O–H groups in total. The van der Waals surface area contributed by atoms with E-state index < -0.39 is 29.9 Å². The fourth-order valence-electron chi connectivity index (χ4n) is 5.37. The van der Waals surface area contributed by atoms with Crippen LogP contribution in [0.15, 0.2) is 36.5 Å². The normalized spacial score (nSPS) is 15.0. The van der Waals surface area contributed by atoms with Gasteiger partial charge in [0, 0.05) is 63.2 Å². The van der Waals surface area contributed by atoms with Crippen molar-refractivity contribution < 1.29 is 38.6 Å². The van der Waals surface area contributed by atoms with E-state index in [1.165, 1.54) is 15.9 Å². The molecule has 15 nitrogen and oxygen atoms in total. The third-order valence-electron chi connectivity index (χ3n) is 7.83. The molecule has 1 saturated heterocycles. The number of benzene rings is 1. The minimum atomic E-state index is -1.15. The standard InChI is InChI=1S/C30H35N7O8/c1-3-44-30(43)36-12-10-35(11-13-36)29(42)22(8-9-27(39)40)33-28(41)23-14-25(20-6-4-5-7-21(20)32-23)45-18-26(38)37-16-19-15-31-34(2)24(19)17-37/h4-7,14-15,22H,3,8-13,16-18H2,1-2H3,(H,33,41)(H,39,40). The summed E-state index contributed by atoms with van der Waals surface area (Å²) in [4.78, 5) is 72.4. The first-order valence-electron chi connectivity index (χ1n) is 14.7. The number of nitrogens with zero attached hydrogens (tertiary/aromatic N) is 6. The summed E-state index contributed by atoms with van der Waals surface area (Å²) in [5.41, 5.74) is 2.32. The van der Waals surface area contributed by atoms with Crippen LogP contribution >= 0.6 is 0 Å². The molecule has 1 atom stereocenters. The highest BCUT2D eigenvalue weighted by molar-refractivity contribution is 5.99. The van der Waals surface area contributed by atoms with E-state index >= 15 is 0 Å². The Kier molecular flexibility index (Phi) is 9.45. The van der Waals surface area contributed by atoms with E-state index in [1.54, 1.807) is 47.0 Å². The van der Waals surface area contributed by atoms with Gasteiger partial charge in [-0.15, -0.1) is 0 Å². The second-order valence-corrected chi connectivity index (χ2v) is 10.8. The summed E-state index contributed by atoms with van der Waals surface area (Å²) in [6.45, 7) is 3.42. The van der Waals surface area contributed by atoms with Gasteiger partial charge >= 0.3 is 12.1 Å². The third kappa shape index (κ3) is 7.13. The van der Waals surface area contributed by atoms with Gasteiger partial charge in [0.05, 0.1) is 30.6 Å². The lowest BCUT2D eigenvalue weighted by atomic mass is 10.1. The number of nitrogens with one attached hydrogen (secondary N) is 1. The molecule has 2 aliphatic rings. The molecule has 0 radical (unpaired) electrons. The zero-order valence-corrected chi connectivity index (χ0v) is 25.1. The second-order valence-electron chi connectivity index (χ2n) is 10.8. The number of carbonyl (C=O) groups is 5. The van der Waals surface area contributed by atoms with Gasteiger partial charge in [0.25, 0.3) is 11.8 Å². The number of aromatic nitrogens is 3. The first-order valence-corrected chi connectivity index (χ1v) is 14.7. The van der Waals surface area contributed by atoms with Crippen molar-refractivity contribution in [2.24, 2.45) is 7.05 Å².